The summed E-state index contributed by atoms with van der Waals surface area (Å²) in [6, 6.07) is 8.25. The number of nitrogens with zero attached hydrogens (tertiary/aromatic N) is 4. The van der Waals surface area contributed by atoms with Crippen LogP contribution in [0.3, 0.4) is 0 Å². The molecule has 5 nitrogen and oxygen atoms in total. The minimum absolute atomic E-state index is 0.343. The van der Waals surface area contributed by atoms with Crippen LogP contribution in [0.5, 0.6) is 0 Å². The average Bonchev–Trinajstić information content (AvgIpc) is 2.97. The first-order chi connectivity index (χ1) is 11.1. The second-order valence-corrected chi connectivity index (χ2v) is 5.31. The minimum Gasteiger partial charge on any atom is -0.397 e. The highest BCUT2D eigenvalue weighted by Gasteiger charge is 2.15. The van der Waals surface area contributed by atoms with Gasteiger partial charge in [-0.05, 0) is 25.1 Å². The van der Waals surface area contributed by atoms with Gasteiger partial charge < -0.3 is 5.73 Å². The van der Waals surface area contributed by atoms with Crippen LogP contribution in [0.4, 0.5) is 10.1 Å². The van der Waals surface area contributed by atoms with Gasteiger partial charge in [0.25, 0.3) is 0 Å². The molecule has 0 radical (unpaired) electrons. The molecule has 0 aliphatic rings. The van der Waals surface area contributed by atoms with Gasteiger partial charge in [-0.25, -0.2) is 4.39 Å². The summed E-state index contributed by atoms with van der Waals surface area (Å²) in [6.45, 7) is 1.82. The molecule has 0 amide bonds. The molecule has 6 heteroatoms. The van der Waals surface area contributed by atoms with Crippen molar-refractivity contribution in [1.29, 1.82) is 0 Å². The van der Waals surface area contributed by atoms with E-state index in [-0.39, 0.29) is 5.82 Å². The number of halogens is 1. The van der Waals surface area contributed by atoms with Crippen LogP contribution in [0.25, 0.3) is 33.1 Å². The van der Waals surface area contributed by atoms with Crippen LogP contribution in [0, 0.1) is 12.7 Å². The highest BCUT2D eigenvalue weighted by atomic mass is 19.1. The van der Waals surface area contributed by atoms with E-state index >= 15 is 0 Å². The molecule has 0 saturated carbocycles. The summed E-state index contributed by atoms with van der Waals surface area (Å²) in [6.07, 6.45) is 3.26. The van der Waals surface area contributed by atoms with Crippen LogP contribution >= 0.6 is 0 Å². The van der Waals surface area contributed by atoms with Crippen LogP contribution in [0.2, 0.25) is 0 Å². The van der Waals surface area contributed by atoms with Gasteiger partial charge in [-0.1, -0.05) is 12.1 Å². The summed E-state index contributed by atoms with van der Waals surface area (Å²) >= 11 is 0. The fraction of sp³-hybridized carbons (Fsp3) is 0.0588. The average molecular weight is 305 g/mol. The quantitative estimate of drug-likeness (QED) is 0.546. The van der Waals surface area contributed by atoms with Crippen molar-refractivity contribution >= 4 is 27.5 Å². The second-order valence-electron chi connectivity index (χ2n) is 5.31. The van der Waals surface area contributed by atoms with Gasteiger partial charge in [-0.15, -0.1) is 5.10 Å². The molecule has 0 aliphatic heterocycles. The summed E-state index contributed by atoms with van der Waals surface area (Å²) in [7, 11) is 0. The summed E-state index contributed by atoms with van der Waals surface area (Å²) in [5, 5.41) is 9.33. The van der Waals surface area contributed by atoms with Crippen LogP contribution < -0.4 is 5.73 Å². The van der Waals surface area contributed by atoms with Crippen LogP contribution in [-0.2, 0) is 0 Å². The third-order valence-electron chi connectivity index (χ3n) is 3.74. The van der Waals surface area contributed by atoms with E-state index in [4.69, 9.17) is 5.73 Å². The Balaban J connectivity index is 2.24. The Labute approximate surface area is 131 Å². The number of hydrogen-bond acceptors (Lipinski definition) is 5. The van der Waals surface area contributed by atoms with Crippen molar-refractivity contribution in [1.82, 2.24) is 20.2 Å². The van der Waals surface area contributed by atoms with Crippen molar-refractivity contribution < 1.29 is 4.39 Å². The molecule has 0 atom stereocenters. The number of anilines is 1. The van der Waals surface area contributed by atoms with E-state index in [1.807, 2.05) is 6.92 Å². The molecule has 4 rings (SSSR count). The number of rotatable bonds is 1. The maximum absolute atomic E-state index is 14.3. The van der Waals surface area contributed by atoms with Crippen molar-refractivity contribution in [2.75, 3.05) is 5.73 Å². The monoisotopic (exact) mass is 305 g/mol. The van der Waals surface area contributed by atoms with E-state index in [1.165, 1.54) is 6.07 Å². The van der Waals surface area contributed by atoms with Crippen molar-refractivity contribution in [3.05, 3.63) is 54.2 Å². The smallest absolute Gasteiger partial charge is 0.132 e. The van der Waals surface area contributed by atoms with E-state index in [9.17, 15) is 4.39 Å². The zero-order valence-corrected chi connectivity index (χ0v) is 12.3. The molecule has 2 aromatic heterocycles. The Bertz CT molecular complexity index is 1060. The largest absolute Gasteiger partial charge is 0.397 e. The first-order valence-electron chi connectivity index (χ1n) is 7.07. The molecular formula is C17H12FN5. The molecule has 0 spiro atoms. The van der Waals surface area contributed by atoms with Gasteiger partial charge in [-0.2, -0.15) is 5.10 Å². The maximum atomic E-state index is 14.3. The van der Waals surface area contributed by atoms with Crippen LogP contribution in [0.1, 0.15) is 5.69 Å². The Morgan fingerprint density at radius 1 is 1.04 bits per heavy atom. The molecule has 4 aromatic rings. The number of nitrogens with two attached hydrogens (primary N) is 1. The molecule has 23 heavy (non-hydrogen) atoms. The molecular weight excluding hydrogens is 293 g/mol. The lowest BCUT2D eigenvalue weighted by atomic mass is 10.0. The normalized spacial score (nSPS) is 11.2. The first kappa shape index (κ1) is 13.5. The molecule has 2 heterocycles. The number of benzene rings is 2. The SMILES string of the molecule is Cc1cnc2c(cc(N)c3nncc32)c(-c2ccccc2F)n1. The number of aromatic nitrogens is 4. The fourth-order valence-corrected chi connectivity index (χ4v) is 2.68. The topological polar surface area (TPSA) is 77.6 Å². The second kappa shape index (κ2) is 4.95. The Morgan fingerprint density at radius 3 is 2.70 bits per heavy atom. The minimum atomic E-state index is -0.343. The zero-order chi connectivity index (χ0) is 16.0. The summed E-state index contributed by atoms with van der Waals surface area (Å²) in [5.41, 5.74) is 9.38. The Morgan fingerprint density at radius 2 is 1.87 bits per heavy atom. The van der Waals surface area contributed by atoms with Gasteiger partial charge in [0.2, 0.25) is 0 Å². The number of hydrogen-bond donors (Lipinski definition) is 1. The van der Waals surface area contributed by atoms with Crippen molar-refractivity contribution in [3.63, 3.8) is 0 Å². The van der Waals surface area contributed by atoms with E-state index in [2.05, 4.69) is 20.2 Å². The van der Waals surface area contributed by atoms with Gasteiger partial charge >= 0.3 is 0 Å². The molecule has 2 aromatic carbocycles. The predicted octanol–water partition coefficient (Wildman–Crippen LogP) is 3.27. The van der Waals surface area contributed by atoms with Gasteiger partial charge in [0.1, 0.15) is 11.3 Å². The van der Waals surface area contributed by atoms with E-state index in [0.29, 0.717) is 39.1 Å². The summed E-state index contributed by atoms with van der Waals surface area (Å²) < 4.78 is 14.3. The molecule has 0 saturated heterocycles. The predicted molar refractivity (Wildman–Crippen MR) is 87.2 cm³/mol. The lowest BCUT2D eigenvalue weighted by molar-refractivity contribution is 0.631. The van der Waals surface area contributed by atoms with Crippen molar-refractivity contribution in [2.24, 2.45) is 0 Å². The van der Waals surface area contributed by atoms with Gasteiger partial charge in [0, 0.05) is 17.1 Å². The number of aryl methyl sites for hydroxylation is 1. The van der Waals surface area contributed by atoms with Crippen molar-refractivity contribution in [3.8, 4) is 11.3 Å². The third kappa shape index (κ3) is 2.07. The lowest BCUT2D eigenvalue weighted by Gasteiger charge is -2.05. The van der Waals surface area contributed by atoms with Gasteiger partial charge in [0.15, 0.2) is 0 Å². The molecule has 2 N–H and O–H groups in total. The van der Waals surface area contributed by atoms with Gasteiger partial charge in [-0.3, -0.25) is 9.97 Å². The molecule has 112 valence electrons. The Kier molecular flexibility index (Phi) is 2.90. The Hall–Kier alpha value is -3.15. The van der Waals surface area contributed by atoms with Crippen LogP contribution in [0.15, 0.2) is 42.7 Å². The highest BCUT2D eigenvalue weighted by Crippen LogP contribution is 2.33. The zero-order valence-electron chi connectivity index (χ0n) is 12.3. The summed E-state index contributed by atoms with van der Waals surface area (Å²) in [5.74, 6) is -0.343. The molecule has 0 aliphatic carbocycles. The summed E-state index contributed by atoms with van der Waals surface area (Å²) in [4.78, 5) is 9.01. The van der Waals surface area contributed by atoms with E-state index < -0.39 is 0 Å². The molecule has 0 unspecified atom stereocenters. The fourth-order valence-electron chi connectivity index (χ4n) is 2.68. The highest BCUT2D eigenvalue weighted by molar-refractivity contribution is 6.12. The standard InChI is InChI=1S/C17H12FN5/c1-9-7-20-15-11(6-14(19)17-12(15)8-21-23-17)16(22-9)10-4-2-3-5-13(10)18/h2-8H,19H2,1H3. The first-order valence-corrected chi connectivity index (χ1v) is 7.07. The molecule has 0 fully saturated rings. The van der Waals surface area contributed by atoms with Crippen LogP contribution in [-0.4, -0.2) is 20.2 Å². The maximum Gasteiger partial charge on any atom is 0.132 e. The number of fused-ring (bicyclic) bond motifs is 3. The lowest BCUT2D eigenvalue weighted by Crippen LogP contribution is -1.91. The third-order valence-corrected chi connectivity index (χ3v) is 3.74. The van der Waals surface area contributed by atoms with E-state index in [1.54, 1.807) is 36.7 Å². The van der Waals surface area contributed by atoms with Crippen molar-refractivity contribution in [2.45, 2.75) is 6.92 Å². The van der Waals surface area contributed by atoms with E-state index in [0.717, 1.165) is 5.39 Å². The number of nitrogen functional groups attached to an aromatic ring is 1. The van der Waals surface area contributed by atoms with Gasteiger partial charge in [0.05, 0.1) is 34.2 Å². The molecule has 0 bridgehead atoms.